The lowest BCUT2D eigenvalue weighted by molar-refractivity contribution is -0.119. The standard InChI is InChI=1S/C9H18N2O2S/c1-14(2)7-9(12)11-6-8-5-10-3-4-13-8/h8,10H,1,3-7H2,2H3,(H,11,12). The number of rotatable bonds is 4. The van der Waals surface area contributed by atoms with E-state index in [0.29, 0.717) is 12.3 Å². The summed E-state index contributed by atoms with van der Waals surface area (Å²) in [4.78, 5) is 11.3. The lowest BCUT2D eigenvalue weighted by Gasteiger charge is -2.23. The van der Waals surface area contributed by atoms with Crippen LogP contribution in [0.4, 0.5) is 0 Å². The predicted octanol–water partition coefficient (Wildman–Crippen LogP) is -0.578. The van der Waals surface area contributed by atoms with E-state index in [1.807, 2.05) is 6.26 Å². The van der Waals surface area contributed by atoms with Crippen molar-refractivity contribution in [2.75, 3.05) is 38.2 Å². The largest absolute Gasteiger partial charge is 0.374 e. The van der Waals surface area contributed by atoms with Crippen LogP contribution in [0.5, 0.6) is 0 Å². The van der Waals surface area contributed by atoms with E-state index in [4.69, 9.17) is 4.74 Å². The molecule has 2 N–H and O–H groups in total. The molecule has 2 atom stereocenters. The number of morpholine rings is 1. The monoisotopic (exact) mass is 218 g/mol. The van der Waals surface area contributed by atoms with Crippen molar-refractivity contribution in [2.45, 2.75) is 6.10 Å². The Hall–Kier alpha value is -0.390. The van der Waals surface area contributed by atoms with Gasteiger partial charge < -0.3 is 15.4 Å². The minimum absolute atomic E-state index is 0.0695. The average molecular weight is 218 g/mol. The van der Waals surface area contributed by atoms with E-state index in [9.17, 15) is 4.79 Å². The van der Waals surface area contributed by atoms with E-state index in [2.05, 4.69) is 16.5 Å². The van der Waals surface area contributed by atoms with Crippen molar-refractivity contribution in [1.82, 2.24) is 10.6 Å². The molecule has 0 aromatic carbocycles. The molecule has 1 heterocycles. The van der Waals surface area contributed by atoms with Crippen molar-refractivity contribution in [3.8, 4) is 0 Å². The Bertz CT molecular complexity index is 215. The average Bonchev–Trinajstić information content (AvgIpc) is 2.15. The number of amides is 1. The highest BCUT2D eigenvalue weighted by Crippen LogP contribution is 2.00. The SMILES string of the molecule is C=S(C)CC(=O)NCC1CNCCO1. The maximum absolute atomic E-state index is 11.3. The predicted molar refractivity (Wildman–Crippen MR) is 61.1 cm³/mol. The molecule has 1 aliphatic rings. The number of nitrogens with one attached hydrogen (secondary N) is 2. The van der Waals surface area contributed by atoms with Crippen molar-refractivity contribution >= 4 is 22.3 Å². The first-order valence-electron chi connectivity index (χ1n) is 4.69. The summed E-state index contributed by atoms with van der Waals surface area (Å²) in [6.45, 7) is 3.06. The molecule has 1 aliphatic heterocycles. The van der Waals surface area contributed by atoms with Gasteiger partial charge in [0.2, 0.25) is 5.91 Å². The smallest absolute Gasteiger partial charge is 0.229 e. The molecule has 0 spiro atoms. The molecule has 5 heteroatoms. The van der Waals surface area contributed by atoms with E-state index in [0.717, 1.165) is 19.7 Å². The third-order valence-electron chi connectivity index (χ3n) is 1.91. The number of hydrogen-bond donors (Lipinski definition) is 2. The van der Waals surface area contributed by atoms with Gasteiger partial charge in [0.25, 0.3) is 0 Å². The Labute approximate surface area is 87.3 Å². The molecule has 1 fully saturated rings. The van der Waals surface area contributed by atoms with E-state index in [-0.39, 0.29) is 22.5 Å². The van der Waals surface area contributed by atoms with Gasteiger partial charge in [0.05, 0.1) is 18.5 Å². The van der Waals surface area contributed by atoms with E-state index < -0.39 is 0 Å². The first-order chi connectivity index (χ1) is 6.68. The fourth-order valence-electron chi connectivity index (χ4n) is 1.25. The molecule has 1 saturated heterocycles. The van der Waals surface area contributed by atoms with Gasteiger partial charge >= 0.3 is 0 Å². The summed E-state index contributed by atoms with van der Waals surface area (Å²) in [5.41, 5.74) is 0. The molecule has 4 nitrogen and oxygen atoms in total. The second kappa shape index (κ2) is 6.16. The molecular formula is C9H18N2O2S. The number of hydrogen-bond acceptors (Lipinski definition) is 3. The zero-order valence-electron chi connectivity index (χ0n) is 8.54. The molecule has 1 amide bonds. The van der Waals surface area contributed by atoms with Crippen molar-refractivity contribution < 1.29 is 9.53 Å². The molecule has 0 aromatic rings. The van der Waals surface area contributed by atoms with Gasteiger partial charge in [0.15, 0.2) is 0 Å². The Morgan fingerprint density at radius 2 is 2.57 bits per heavy atom. The second-order valence-electron chi connectivity index (χ2n) is 3.43. The summed E-state index contributed by atoms with van der Waals surface area (Å²) in [7, 11) is -0.0706. The number of carbonyl (C=O) groups is 1. The normalized spacial score (nSPS) is 24.2. The quantitative estimate of drug-likeness (QED) is 0.621. The Balaban J connectivity index is 2.12. The van der Waals surface area contributed by atoms with Gasteiger partial charge in [0.1, 0.15) is 0 Å². The Kier molecular flexibility index (Phi) is 5.14. The molecule has 2 unspecified atom stereocenters. The lowest BCUT2D eigenvalue weighted by atomic mass is 10.3. The Morgan fingerprint density at radius 3 is 3.14 bits per heavy atom. The van der Waals surface area contributed by atoms with Crippen LogP contribution in [-0.4, -0.2) is 56.1 Å². The highest BCUT2D eigenvalue weighted by Gasteiger charge is 2.13. The van der Waals surface area contributed by atoms with E-state index in [1.165, 1.54) is 0 Å². The second-order valence-corrected chi connectivity index (χ2v) is 5.28. The first-order valence-corrected chi connectivity index (χ1v) is 6.67. The zero-order valence-corrected chi connectivity index (χ0v) is 9.36. The van der Waals surface area contributed by atoms with Crippen LogP contribution in [-0.2, 0) is 9.53 Å². The van der Waals surface area contributed by atoms with Crippen LogP contribution in [0.25, 0.3) is 0 Å². The maximum atomic E-state index is 11.3. The number of ether oxygens (including phenoxy) is 1. The zero-order chi connectivity index (χ0) is 10.4. The van der Waals surface area contributed by atoms with Crippen LogP contribution in [0.15, 0.2) is 0 Å². The van der Waals surface area contributed by atoms with Gasteiger partial charge in [0, 0.05) is 19.6 Å². The third kappa shape index (κ3) is 4.74. The van der Waals surface area contributed by atoms with Crippen LogP contribution in [0.2, 0.25) is 0 Å². The fraction of sp³-hybridized carbons (Fsp3) is 0.778. The van der Waals surface area contributed by atoms with Gasteiger partial charge in [-0.1, -0.05) is 5.87 Å². The summed E-state index contributed by atoms with van der Waals surface area (Å²) in [5, 5.41) is 6.06. The van der Waals surface area contributed by atoms with Crippen LogP contribution in [0.3, 0.4) is 0 Å². The van der Waals surface area contributed by atoms with Crippen molar-refractivity contribution in [2.24, 2.45) is 0 Å². The molecule has 82 valence electrons. The van der Waals surface area contributed by atoms with E-state index in [1.54, 1.807) is 0 Å². The van der Waals surface area contributed by atoms with Crippen LogP contribution >= 0.6 is 10.5 Å². The summed E-state index contributed by atoms with van der Waals surface area (Å²) in [6, 6.07) is 0. The first kappa shape index (κ1) is 11.7. The minimum atomic E-state index is -0.0706. The van der Waals surface area contributed by atoms with Gasteiger partial charge in [-0.2, -0.15) is 10.5 Å². The lowest BCUT2D eigenvalue weighted by Crippen LogP contribution is -2.45. The number of carbonyl (C=O) groups excluding carboxylic acids is 1. The Morgan fingerprint density at radius 1 is 1.79 bits per heavy atom. The van der Waals surface area contributed by atoms with Crippen molar-refractivity contribution in [1.29, 1.82) is 0 Å². The van der Waals surface area contributed by atoms with Gasteiger partial charge in [-0.3, -0.25) is 4.79 Å². The van der Waals surface area contributed by atoms with E-state index >= 15 is 0 Å². The molecule has 14 heavy (non-hydrogen) atoms. The van der Waals surface area contributed by atoms with Crippen molar-refractivity contribution in [3.63, 3.8) is 0 Å². The van der Waals surface area contributed by atoms with Crippen LogP contribution < -0.4 is 10.6 Å². The fourth-order valence-corrected chi connectivity index (χ4v) is 1.80. The minimum Gasteiger partial charge on any atom is -0.374 e. The molecule has 0 radical (unpaired) electrons. The van der Waals surface area contributed by atoms with Gasteiger partial charge in [-0.05, 0) is 6.26 Å². The maximum Gasteiger partial charge on any atom is 0.229 e. The molecule has 0 saturated carbocycles. The molecule has 0 aromatic heterocycles. The highest BCUT2D eigenvalue weighted by atomic mass is 32.2. The van der Waals surface area contributed by atoms with Crippen LogP contribution in [0, 0.1) is 0 Å². The highest BCUT2D eigenvalue weighted by molar-refractivity contribution is 8.14. The van der Waals surface area contributed by atoms with Gasteiger partial charge in [-0.15, -0.1) is 0 Å². The molecule has 0 bridgehead atoms. The summed E-state index contributed by atoms with van der Waals surface area (Å²) in [6.07, 6.45) is 2.08. The third-order valence-corrected chi connectivity index (χ3v) is 2.66. The molecule has 1 rings (SSSR count). The summed E-state index contributed by atoms with van der Waals surface area (Å²) >= 11 is 0. The molecular weight excluding hydrogens is 200 g/mol. The molecule has 0 aliphatic carbocycles. The topological polar surface area (TPSA) is 50.4 Å². The summed E-state index contributed by atoms with van der Waals surface area (Å²) in [5.74, 6) is 4.38. The van der Waals surface area contributed by atoms with Crippen molar-refractivity contribution in [3.05, 3.63) is 0 Å². The summed E-state index contributed by atoms with van der Waals surface area (Å²) < 4.78 is 5.44. The van der Waals surface area contributed by atoms with Crippen LogP contribution in [0.1, 0.15) is 0 Å². The van der Waals surface area contributed by atoms with Gasteiger partial charge in [-0.25, -0.2) is 0 Å².